The molecule has 4 rings (SSSR count). The van der Waals surface area contributed by atoms with E-state index in [-0.39, 0.29) is 0 Å². The van der Waals surface area contributed by atoms with Crippen LogP contribution in [0.25, 0.3) is 0 Å². The Bertz CT molecular complexity index is 373. The SMILES string of the molecule is C1=CC2=C(C1)C1CCCCC1C1CCCCC21. The van der Waals surface area contributed by atoms with E-state index in [0.29, 0.717) is 0 Å². The number of allylic oxidation sites excluding steroid dienone is 4. The predicted molar refractivity (Wildman–Crippen MR) is 71.7 cm³/mol. The summed E-state index contributed by atoms with van der Waals surface area (Å²) in [6.45, 7) is 0. The molecular weight excluding hydrogens is 204 g/mol. The number of fused-ring (bicyclic) bond motifs is 5. The molecule has 0 N–H and O–H groups in total. The second-order valence-electron chi connectivity index (χ2n) is 6.70. The van der Waals surface area contributed by atoms with Crippen LogP contribution >= 0.6 is 0 Å². The Morgan fingerprint density at radius 3 is 2.24 bits per heavy atom. The van der Waals surface area contributed by atoms with E-state index in [9.17, 15) is 0 Å². The molecule has 4 aliphatic rings. The lowest BCUT2D eigenvalue weighted by molar-refractivity contribution is 0.0950. The Kier molecular flexibility index (Phi) is 2.45. The fraction of sp³-hybridized carbons (Fsp3) is 0.765. The zero-order chi connectivity index (χ0) is 11.2. The first-order valence-electron chi connectivity index (χ1n) is 7.84. The summed E-state index contributed by atoms with van der Waals surface area (Å²) in [4.78, 5) is 0. The lowest BCUT2D eigenvalue weighted by Crippen LogP contribution is -2.39. The third kappa shape index (κ3) is 1.49. The maximum atomic E-state index is 2.50. The van der Waals surface area contributed by atoms with Crippen LogP contribution in [0, 0.1) is 23.7 Å². The van der Waals surface area contributed by atoms with Gasteiger partial charge in [0.2, 0.25) is 0 Å². The van der Waals surface area contributed by atoms with Gasteiger partial charge in [-0.15, -0.1) is 0 Å². The van der Waals surface area contributed by atoms with Gasteiger partial charge in [0.25, 0.3) is 0 Å². The van der Waals surface area contributed by atoms with E-state index in [2.05, 4.69) is 12.2 Å². The zero-order valence-corrected chi connectivity index (χ0v) is 10.8. The molecule has 4 aliphatic carbocycles. The van der Waals surface area contributed by atoms with Gasteiger partial charge in [0.1, 0.15) is 0 Å². The van der Waals surface area contributed by atoms with Crippen molar-refractivity contribution in [1.82, 2.24) is 0 Å². The molecule has 92 valence electrons. The first-order chi connectivity index (χ1) is 8.45. The Morgan fingerprint density at radius 1 is 0.765 bits per heavy atom. The van der Waals surface area contributed by atoms with Gasteiger partial charge in [-0.1, -0.05) is 43.4 Å². The van der Waals surface area contributed by atoms with E-state index in [0.717, 1.165) is 23.7 Å². The molecule has 0 saturated heterocycles. The monoisotopic (exact) mass is 228 g/mol. The van der Waals surface area contributed by atoms with Crippen LogP contribution in [0.3, 0.4) is 0 Å². The molecule has 0 radical (unpaired) electrons. The summed E-state index contributed by atoms with van der Waals surface area (Å²) < 4.78 is 0. The smallest absolute Gasteiger partial charge is 0.0127 e. The molecule has 0 bridgehead atoms. The van der Waals surface area contributed by atoms with E-state index < -0.39 is 0 Å². The summed E-state index contributed by atoms with van der Waals surface area (Å²) in [5.74, 6) is 4.10. The minimum absolute atomic E-state index is 0.969. The maximum absolute atomic E-state index is 2.50. The number of rotatable bonds is 0. The molecule has 0 amide bonds. The summed E-state index contributed by atoms with van der Waals surface area (Å²) in [5.41, 5.74) is 3.70. The minimum atomic E-state index is 0.969. The van der Waals surface area contributed by atoms with Gasteiger partial charge in [-0.05, 0) is 61.3 Å². The van der Waals surface area contributed by atoms with Crippen LogP contribution in [-0.2, 0) is 0 Å². The molecule has 0 aromatic heterocycles. The standard InChI is InChI=1S/C17H24/c1-3-8-14-12(6-1)13-7-2-4-9-15(13)17-11-5-10-16(14)17/h5,10,12-15H,1-4,6-9,11H2. The van der Waals surface area contributed by atoms with Crippen LogP contribution in [-0.4, -0.2) is 0 Å². The topological polar surface area (TPSA) is 0 Å². The average Bonchev–Trinajstić information content (AvgIpc) is 2.89. The molecular formula is C17H24. The van der Waals surface area contributed by atoms with Gasteiger partial charge in [-0.25, -0.2) is 0 Å². The largest absolute Gasteiger partial charge is 0.0802 e. The lowest BCUT2D eigenvalue weighted by atomic mass is 9.56. The van der Waals surface area contributed by atoms with Gasteiger partial charge in [0.15, 0.2) is 0 Å². The average molecular weight is 228 g/mol. The fourth-order valence-corrected chi connectivity index (χ4v) is 5.43. The Morgan fingerprint density at radius 2 is 1.41 bits per heavy atom. The van der Waals surface area contributed by atoms with Gasteiger partial charge in [0, 0.05) is 0 Å². The van der Waals surface area contributed by atoms with E-state index in [1.165, 1.54) is 51.4 Å². The van der Waals surface area contributed by atoms with Crippen LogP contribution in [0.2, 0.25) is 0 Å². The third-order valence-corrected chi connectivity index (χ3v) is 6.04. The van der Waals surface area contributed by atoms with Crippen molar-refractivity contribution < 1.29 is 0 Å². The Labute approximate surface area is 105 Å². The first-order valence-corrected chi connectivity index (χ1v) is 7.84. The predicted octanol–water partition coefficient (Wildman–Crippen LogP) is 4.87. The molecule has 4 unspecified atom stereocenters. The first kappa shape index (κ1) is 10.4. The lowest BCUT2D eigenvalue weighted by Gasteiger charge is -2.48. The summed E-state index contributed by atoms with van der Waals surface area (Å²) in [7, 11) is 0. The molecule has 17 heavy (non-hydrogen) atoms. The normalized spacial score (nSPS) is 44.2. The van der Waals surface area contributed by atoms with Crippen molar-refractivity contribution in [3.8, 4) is 0 Å². The van der Waals surface area contributed by atoms with Crippen molar-refractivity contribution in [2.45, 2.75) is 57.8 Å². The van der Waals surface area contributed by atoms with Gasteiger partial charge >= 0.3 is 0 Å². The highest BCUT2D eigenvalue weighted by Gasteiger charge is 2.44. The third-order valence-electron chi connectivity index (χ3n) is 6.04. The van der Waals surface area contributed by atoms with Gasteiger partial charge in [0.05, 0.1) is 0 Å². The van der Waals surface area contributed by atoms with E-state index >= 15 is 0 Å². The quantitative estimate of drug-likeness (QED) is 0.555. The second kappa shape index (κ2) is 4.00. The van der Waals surface area contributed by atoms with E-state index in [1.54, 1.807) is 6.42 Å². The highest BCUT2D eigenvalue weighted by molar-refractivity contribution is 5.40. The van der Waals surface area contributed by atoms with Crippen molar-refractivity contribution >= 4 is 0 Å². The highest BCUT2D eigenvalue weighted by Crippen LogP contribution is 2.55. The molecule has 0 heterocycles. The van der Waals surface area contributed by atoms with E-state index in [1.807, 2.05) is 11.1 Å². The molecule has 0 aliphatic heterocycles. The van der Waals surface area contributed by atoms with Crippen LogP contribution in [0.4, 0.5) is 0 Å². The maximum Gasteiger partial charge on any atom is -0.0127 e. The summed E-state index contributed by atoms with van der Waals surface area (Å²) >= 11 is 0. The fourth-order valence-electron chi connectivity index (χ4n) is 5.43. The number of hydrogen-bond acceptors (Lipinski definition) is 0. The van der Waals surface area contributed by atoms with Gasteiger partial charge < -0.3 is 0 Å². The molecule has 0 aromatic rings. The summed E-state index contributed by atoms with van der Waals surface area (Å²) in [5, 5.41) is 0. The van der Waals surface area contributed by atoms with Gasteiger partial charge in [-0.3, -0.25) is 0 Å². The van der Waals surface area contributed by atoms with Crippen LogP contribution in [0.15, 0.2) is 23.3 Å². The molecule has 0 nitrogen and oxygen atoms in total. The summed E-state index contributed by atoms with van der Waals surface area (Å²) in [6.07, 6.45) is 18.4. The number of hydrogen-bond donors (Lipinski definition) is 0. The van der Waals surface area contributed by atoms with Crippen molar-refractivity contribution in [3.05, 3.63) is 23.3 Å². The van der Waals surface area contributed by atoms with Crippen molar-refractivity contribution in [1.29, 1.82) is 0 Å². The van der Waals surface area contributed by atoms with Crippen molar-refractivity contribution in [3.63, 3.8) is 0 Å². The van der Waals surface area contributed by atoms with Crippen molar-refractivity contribution in [2.75, 3.05) is 0 Å². The van der Waals surface area contributed by atoms with Gasteiger partial charge in [-0.2, -0.15) is 0 Å². The molecule has 0 aromatic carbocycles. The molecule has 0 spiro atoms. The Hall–Kier alpha value is -0.520. The molecule has 2 fully saturated rings. The summed E-state index contributed by atoms with van der Waals surface area (Å²) in [6, 6.07) is 0. The highest BCUT2D eigenvalue weighted by atomic mass is 14.5. The molecule has 2 saturated carbocycles. The molecule has 4 atom stereocenters. The van der Waals surface area contributed by atoms with Crippen molar-refractivity contribution in [2.24, 2.45) is 23.7 Å². The minimum Gasteiger partial charge on any atom is -0.0802 e. The van der Waals surface area contributed by atoms with Crippen LogP contribution in [0.5, 0.6) is 0 Å². The Balaban J connectivity index is 1.75. The van der Waals surface area contributed by atoms with Crippen LogP contribution < -0.4 is 0 Å². The second-order valence-corrected chi connectivity index (χ2v) is 6.70. The zero-order valence-electron chi connectivity index (χ0n) is 10.8. The van der Waals surface area contributed by atoms with E-state index in [4.69, 9.17) is 0 Å². The molecule has 0 heteroatoms. The van der Waals surface area contributed by atoms with Crippen LogP contribution in [0.1, 0.15) is 57.8 Å².